The summed E-state index contributed by atoms with van der Waals surface area (Å²) in [4.78, 5) is 0.414. The van der Waals surface area contributed by atoms with E-state index in [1.807, 2.05) is 6.07 Å². The summed E-state index contributed by atoms with van der Waals surface area (Å²) in [5.41, 5.74) is 1.07. The highest BCUT2D eigenvalue weighted by Crippen LogP contribution is 2.37. The third kappa shape index (κ3) is 3.24. The van der Waals surface area contributed by atoms with Crippen LogP contribution in [0.4, 0.5) is 0 Å². The normalized spacial score (nSPS) is 19.8. The van der Waals surface area contributed by atoms with Gasteiger partial charge in [0.2, 0.25) is 10.0 Å². The molecule has 112 valence electrons. The standard InChI is InChI=1S/C14H23N3O2S/c1-10(2)15-8-13-7-14(9-17(13)12-5-6-12)20(18,19)16-11-3-4-11/h7,9-12,15-16H,3-6,8H2,1-2H3. The summed E-state index contributed by atoms with van der Waals surface area (Å²) in [6, 6.07) is 2.85. The lowest BCUT2D eigenvalue weighted by molar-refractivity contribution is 0.558. The van der Waals surface area contributed by atoms with Crippen molar-refractivity contribution in [1.29, 1.82) is 0 Å². The van der Waals surface area contributed by atoms with E-state index in [-0.39, 0.29) is 6.04 Å². The zero-order valence-electron chi connectivity index (χ0n) is 12.1. The summed E-state index contributed by atoms with van der Waals surface area (Å²) in [5, 5.41) is 3.37. The molecule has 0 amide bonds. The van der Waals surface area contributed by atoms with Gasteiger partial charge >= 0.3 is 0 Å². The molecule has 2 N–H and O–H groups in total. The quantitative estimate of drug-likeness (QED) is 0.806. The zero-order valence-corrected chi connectivity index (χ0v) is 12.9. The number of sulfonamides is 1. The monoisotopic (exact) mass is 297 g/mol. The van der Waals surface area contributed by atoms with Gasteiger partial charge in [0, 0.05) is 36.6 Å². The van der Waals surface area contributed by atoms with Crippen molar-refractivity contribution >= 4 is 10.0 Å². The van der Waals surface area contributed by atoms with Crippen molar-refractivity contribution in [3.05, 3.63) is 18.0 Å². The fourth-order valence-electron chi connectivity index (χ4n) is 2.28. The molecule has 1 aromatic rings. The second-order valence-electron chi connectivity index (χ2n) is 6.24. The molecule has 3 rings (SSSR count). The van der Waals surface area contributed by atoms with Crippen LogP contribution >= 0.6 is 0 Å². The summed E-state index contributed by atoms with van der Waals surface area (Å²) in [7, 11) is -3.34. The lowest BCUT2D eigenvalue weighted by Crippen LogP contribution is -2.25. The number of hydrogen-bond acceptors (Lipinski definition) is 3. The van der Waals surface area contributed by atoms with Crippen molar-refractivity contribution in [2.24, 2.45) is 0 Å². The lowest BCUT2D eigenvalue weighted by Gasteiger charge is -2.10. The maximum absolute atomic E-state index is 12.3. The van der Waals surface area contributed by atoms with Crippen LogP contribution in [0.1, 0.15) is 51.3 Å². The van der Waals surface area contributed by atoms with Gasteiger partial charge in [-0.15, -0.1) is 0 Å². The zero-order chi connectivity index (χ0) is 14.3. The van der Waals surface area contributed by atoms with Crippen LogP contribution < -0.4 is 10.0 Å². The Morgan fingerprint density at radius 2 is 2.00 bits per heavy atom. The number of hydrogen-bond donors (Lipinski definition) is 2. The number of nitrogens with one attached hydrogen (secondary N) is 2. The molecule has 0 unspecified atom stereocenters. The van der Waals surface area contributed by atoms with E-state index in [1.54, 1.807) is 6.20 Å². The predicted molar refractivity (Wildman–Crippen MR) is 78.0 cm³/mol. The smallest absolute Gasteiger partial charge is 0.242 e. The van der Waals surface area contributed by atoms with Crippen molar-refractivity contribution in [2.75, 3.05) is 0 Å². The average Bonchev–Trinajstić information content (AvgIpc) is 3.27. The first-order valence-electron chi connectivity index (χ1n) is 7.42. The van der Waals surface area contributed by atoms with E-state index in [4.69, 9.17) is 0 Å². The Hall–Kier alpha value is -0.850. The number of nitrogens with zero attached hydrogens (tertiary/aromatic N) is 1. The van der Waals surface area contributed by atoms with Gasteiger partial charge in [0.25, 0.3) is 0 Å². The predicted octanol–water partition coefficient (Wildman–Crippen LogP) is 1.76. The lowest BCUT2D eigenvalue weighted by atomic mass is 10.3. The van der Waals surface area contributed by atoms with Crippen molar-refractivity contribution in [3.8, 4) is 0 Å². The second kappa shape index (κ2) is 5.16. The maximum Gasteiger partial charge on any atom is 0.242 e. The average molecular weight is 297 g/mol. The SMILES string of the molecule is CC(C)NCc1cc(S(=O)(=O)NC2CC2)cn1C1CC1. The van der Waals surface area contributed by atoms with Gasteiger partial charge in [0.1, 0.15) is 0 Å². The number of aromatic nitrogens is 1. The largest absolute Gasteiger partial charge is 0.346 e. The third-order valence-electron chi connectivity index (χ3n) is 3.75. The molecule has 0 aromatic carbocycles. The first kappa shape index (κ1) is 14.1. The van der Waals surface area contributed by atoms with Crippen molar-refractivity contribution in [2.45, 2.75) is 69.1 Å². The Bertz CT molecular complexity index is 584. The summed E-state index contributed by atoms with van der Waals surface area (Å²) in [6.07, 6.45) is 6.03. The molecule has 2 aliphatic carbocycles. The van der Waals surface area contributed by atoms with Gasteiger partial charge in [-0.25, -0.2) is 13.1 Å². The molecule has 2 saturated carbocycles. The van der Waals surface area contributed by atoms with E-state index in [1.165, 1.54) is 0 Å². The fraction of sp³-hybridized carbons (Fsp3) is 0.714. The van der Waals surface area contributed by atoms with E-state index in [2.05, 4.69) is 28.5 Å². The summed E-state index contributed by atoms with van der Waals surface area (Å²) >= 11 is 0. The molecule has 1 aromatic heterocycles. The van der Waals surface area contributed by atoms with Gasteiger partial charge in [-0.1, -0.05) is 13.8 Å². The first-order chi connectivity index (χ1) is 9.45. The van der Waals surface area contributed by atoms with Crippen molar-refractivity contribution in [3.63, 3.8) is 0 Å². The van der Waals surface area contributed by atoms with E-state index in [0.29, 0.717) is 23.5 Å². The molecule has 2 aliphatic rings. The van der Waals surface area contributed by atoms with Crippen molar-refractivity contribution in [1.82, 2.24) is 14.6 Å². The maximum atomic E-state index is 12.3. The van der Waals surface area contributed by atoms with Gasteiger partial charge in [0.15, 0.2) is 0 Å². The van der Waals surface area contributed by atoms with E-state index in [0.717, 1.165) is 31.4 Å². The molecule has 0 aliphatic heterocycles. The summed E-state index contributed by atoms with van der Waals surface area (Å²) in [6.45, 7) is 4.90. The number of rotatable bonds is 7. The van der Waals surface area contributed by atoms with Crippen LogP contribution in [0.25, 0.3) is 0 Å². The Morgan fingerprint density at radius 3 is 2.55 bits per heavy atom. The Balaban J connectivity index is 1.82. The van der Waals surface area contributed by atoms with Crippen LogP contribution in [0.3, 0.4) is 0 Å². The molecule has 0 atom stereocenters. The van der Waals surface area contributed by atoms with Crippen LogP contribution in [-0.4, -0.2) is 25.1 Å². The van der Waals surface area contributed by atoms with Crippen molar-refractivity contribution < 1.29 is 8.42 Å². The second-order valence-corrected chi connectivity index (χ2v) is 7.95. The van der Waals surface area contributed by atoms with E-state index in [9.17, 15) is 8.42 Å². The first-order valence-corrected chi connectivity index (χ1v) is 8.90. The molecule has 2 fully saturated rings. The van der Waals surface area contributed by atoms with Gasteiger partial charge < -0.3 is 9.88 Å². The fourth-order valence-corrected chi connectivity index (χ4v) is 3.63. The molecule has 20 heavy (non-hydrogen) atoms. The Labute approximate surface area is 120 Å². The van der Waals surface area contributed by atoms with E-state index >= 15 is 0 Å². The van der Waals surface area contributed by atoms with Crippen LogP contribution in [-0.2, 0) is 16.6 Å². The van der Waals surface area contributed by atoms with Crippen LogP contribution in [0, 0.1) is 0 Å². The minimum atomic E-state index is -3.34. The minimum Gasteiger partial charge on any atom is -0.346 e. The molecule has 0 saturated heterocycles. The molecule has 0 spiro atoms. The van der Waals surface area contributed by atoms with Crippen LogP contribution in [0.2, 0.25) is 0 Å². The molecule has 5 nitrogen and oxygen atoms in total. The molecule has 0 bridgehead atoms. The van der Waals surface area contributed by atoms with Gasteiger partial charge in [0.05, 0.1) is 4.90 Å². The molecule has 6 heteroatoms. The topological polar surface area (TPSA) is 63.1 Å². The highest BCUT2D eigenvalue weighted by Gasteiger charge is 2.31. The summed E-state index contributed by atoms with van der Waals surface area (Å²) < 4.78 is 29.5. The van der Waals surface area contributed by atoms with Gasteiger partial charge in [-0.3, -0.25) is 0 Å². The molecule has 0 radical (unpaired) electrons. The Morgan fingerprint density at radius 1 is 1.30 bits per heavy atom. The van der Waals surface area contributed by atoms with E-state index < -0.39 is 10.0 Å². The third-order valence-corrected chi connectivity index (χ3v) is 5.24. The van der Waals surface area contributed by atoms with Gasteiger partial charge in [-0.2, -0.15) is 0 Å². The highest BCUT2D eigenvalue weighted by atomic mass is 32.2. The summed E-state index contributed by atoms with van der Waals surface area (Å²) in [5.74, 6) is 0. The molecular weight excluding hydrogens is 274 g/mol. The highest BCUT2D eigenvalue weighted by molar-refractivity contribution is 7.89. The molecule has 1 heterocycles. The minimum absolute atomic E-state index is 0.154. The van der Waals surface area contributed by atoms with Crippen LogP contribution in [0.15, 0.2) is 17.2 Å². The Kier molecular flexibility index (Phi) is 3.64. The molecular formula is C14H23N3O2S. The van der Waals surface area contributed by atoms with Gasteiger partial charge in [-0.05, 0) is 31.7 Å². The van der Waals surface area contributed by atoms with Crippen LogP contribution in [0.5, 0.6) is 0 Å².